The molecular formula is C43H52O14. The van der Waals surface area contributed by atoms with Gasteiger partial charge in [-0.05, 0) is 75.4 Å². The van der Waals surface area contributed by atoms with E-state index in [4.69, 9.17) is 38.6 Å². The van der Waals surface area contributed by atoms with Gasteiger partial charge in [-0.3, -0.25) is 19.2 Å². The number of carbonyl (C=O) groups is 6. The van der Waals surface area contributed by atoms with Crippen LogP contribution in [0.25, 0.3) is 12.2 Å². The molecule has 0 amide bonds. The Balaban J connectivity index is 2.22. The summed E-state index contributed by atoms with van der Waals surface area (Å²) in [4.78, 5) is 70.4. The van der Waals surface area contributed by atoms with Crippen molar-refractivity contribution in [3.05, 3.63) is 95.1 Å². The minimum absolute atomic E-state index is 0.0374. The second-order valence-electron chi connectivity index (χ2n) is 13.2. The van der Waals surface area contributed by atoms with E-state index in [1.54, 1.807) is 12.1 Å². The van der Waals surface area contributed by atoms with Crippen LogP contribution in [0.4, 0.5) is 0 Å². The third-order valence-corrected chi connectivity index (χ3v) is 7.94. The highest BCUT2D eigenvalue weighted by Crippen LogP contribution is 2.30. The predicted molar refractivity (Wildman–Crippen MR) is 210 cm³/mol. The van der Waals surface area contributed by atoms with Crippen LogP contribution < -0.4 is 9.47 Å². The molecule has 0 aliphatic carbocycles. The van der Waals surface area contributed by atoms with Crippen molar-refractivity contribution in [3.8, 4) is 11.5 Å². The summed E-state index contributed by atoms with van der Waals surface area (Å²) in [7, 11) is 0. The van der Waals surface area contributed by atoms with Crippen molar-refractivity contribution in [2.45, 2.75) is 84.8 Å². The number of allylic oxidation sites excluding steroid dienone is 2. The molecule has 14 nitrogen and oxygen atoms in total. The number of aliphatic carboxylic acids is 2. The van der Waals surface area contributed by atoms with E-state index < -0.39 is 60.9 Å². The van der Waals surface area contributed by atoms with E-state index in [-0.39, 0.29) is 56.3 Å². The molecule has 0 aliphatic heterocycles. The highest BCUT2D eigenvalue weighted by molar-refractivity contribution is 5.87. The Bertz CT molecular complexity index is 1820. The van der Waals surface area contributed by atoms with Crippen LogP contribution >= 0.6 is 0 Å². The Morgan fingerprint density at radius 3 is 1.51 bits per heavy atom. The standard InChI is InChI=1S/C43H52O14/c1-8-10-32-21-30(12-14-36(32)52-23-34(25-54-42(50)27(3)4)56-40(48)18-16-38(44)45)20-29(7)31-13-15-37(33(22-31)11-9-2)53-24-35(26-55-43(51)28(5)6)57-41(49)19-17-39(46)47/h8-15,21-22,29,34-35H,3,5,16-20,23-26H2,1-2,4,6-7H3,(H,44,45)(H,46,47)/b10-8-,11-9-. The van der Waals surface area contributed by atoms with Crippen molar-refractivity contribution >= 4 is 48.0 Å². The first-order valence-electron chi connectivity index (χ1n) is 18.3. The van der Waals surface area contributed by atoms with Gasteiger partial charge in [-0.15, -0.1) is 0 Å². The van der Waals surface area contributed by atoms with Gasteiger partial charge in [0.15, 0.2) is 12.2 Å². The smallest absolute Gasteiger partial charge is 0.333 e. The second kappa shape index (κ2) is 24.4. The maximum Gasteiger partial charge on any atom is 0.333 e. The monoisotopic (exact) mass is 792 g/mol. The number of esters is 4. The first-order valence-corrected chi connectivity index (χ1v) is 18.3. The van der Waals surface area contributed by atoms with Gasteiger partial charge < -0.3 is 38.6 Å². The molecule has 0 heterocycles. The third kappa shape index (κ3) is 17.9. The number of carboxylic acid groups (broad SMARTS) is 2. The number of carboxylic acids is 2. The van der Waals surface area contributed by atoms with Crippen LogP contribution in [0.3, 0.4) is 0 Å². The van der Waals surface area contributed by atoms with E-state index in [0.717, 1.165) is 22.3 Å². The summed E-state index contributed by atoms with van der Waals surface area (Å²) in [6.45, 7) is 14.9. The number of hydrogen-bond donors (Lipinski definition) is 2. The summed E-state index contributed by atoms with van der Waals surface area (Å²) < 4.78 is 33.2. The average Bonchev–Trinajstić information content (AvgIpc) is 3.15. The molecule has 0 radical (unpaired) electrons. The molecule has 2 aromatic rings. The molecule has 0 aliphatic rings. The lowest BCUT2D eigenvalue weighted by Gasteiger charge is -2.21. The molecule has 57 heavy (non-hydrogen) atoms. The van der Waals surface area contributed by atoms with Crippen molar-refractivity contribution in [1.82, 2.24) is 0 Å². The zero-order valence-corrected chi connectivity index (χ0v) is 33.1. The molecule has 3 unspecified atom stereocenters. The minimum Gasteiger partial charge on any atom is -0.489 e. The predicted octanol–water partition coefficient (Wildman–Crippen LogP) is 6.65. The highest BCUT2D eigenvalue weighted by atomic mass is 16.6. The minimum atomic E-state index is -1.15. The Labute approximate surface area is 332 Å². The fourth-order valence-corrected chi connectivity index (χ4v) is 5.04. The third-order valence-electron chi connectivity index (χ3n) is 7.94. The first kappa shape index (κ1) is 47.0. The lowest BCUT2D eigenvalue weighted by molar-refractivity contribution is -0.160. The van der Waals surface area contributed by atoms with Gasteiger partial charge in [0.25, 0.3) is 0 Å². The van der Waals surface area contributed by atoms with Crippen molar-refractivity contribution in [2.24, 2.45) is 0 Å². The second-order valence-corrected chi connectivity index (χ2v) is 13.2. The summed E-state index contributed by atoms with van der Waals surface area (Å²) in [6, 6.07) is 11.4. The SMILES string of the molecule is C=C(C)C(=O)OCC(COc1ccc(CC(C)c2ccc(OCC(COC(=O)C(=C)C)OC(=O)CCC(=O)O)c(/C=C\C)c2)cc1/C=C\C)OC(=O)CCC(=O)O. The van der Waals surface area contributed by atoms with E-state index in [2.05, 4.69) is 20.1 Å². The van der Waals surface area contributed by atoms with Gasteiger partial charge in [-0.1, -0.05) is 56.5 Å². The lowest BCUT2D eigenvalue weighted by Crippen LogP contribution is -2.31. The molecule has 0 saturated heterocycles. The topological polar surface area (TPSA) is 198 Å². The molecule has 14 heteroatoms. The number of hydrogen-bond acceptors (Lipinski definition) is 12. The fourth-order valence-electron chi connectivity index (χ4n) is 5.04. The van der Waals surface area contributed by atoms with Crippen LogP contribution in [0, 0.1) is 0 Å². The number of ether oxygens (including phenoxy) is 6. The summed E-state index contributed by atoms with van der Waals surface area (Å²) in [6.07, 6.45) is 4.53. The van der Waals surface area contributed by atoms with Crippen LogP contribution in [0.5, 0.6) is 11.5 Å². The van der Waals surface area contributed by atoms with Gasteiger partial charge in [0.2, 0.25) is 0 Å². The number of benzene rings is 2. The summed E-state index contributed by atoms with van der Waals surface area (Å²) in [5.74, 6) is -4.17. The zero-order valence-electron chi connectivity index (χ0n) is 33.1. The molecule has 0 fully saturated rings. The van der Waals surface area contributed by atoms with Crippen molar-refractivity contribution in [1.29, 1.82) is 0 Å². The van der Waals surface area contributed by atoms with Gasteiger partial charge in [0.05, 0.1) is 25.7 Å². The summed E-state index contributed by atoms with van der Waals surface area (Å²) in [5.41, 5.74) is 3.84. The van der Waals surface area contributed by atoms with E-state index >= 15 is 0 Å². The molecular weight excluding hydrogens is 740 g/mol. The molecule has 0 aromatic heterocycles. The van der Waals surface area contributed by atoms with Crippen LogP contribution in [0.15, 0.2) is 72.9 Å². The Morgan fingerprint density at radius 2 is 1.09 bits per heavy atom. The molecule has 0 saturated carbocycles. The Hall–Kier alpha value is -6.18. The number of rotatable bonds is 25. The van der Waals surface area contributed by atoms with E-state index in [1.165, 1.54) is 13.8 Å². The molecule has 0 spiro atoms. The Kier molecular flexibility index (Phi) is 20.1. The van der Waals surface area contributed by atoms with Gasteiger partial charge in [-0.2, -0.15) is 0 Å². The van der Waals surface area contributed by atoms with Crippen molar-refractivity contribution < 1.29 is 67.4 Å². The quantitative estimate of drug-likeness (QED) is 0.0616. The summed E-state index contributed by atoms with van der Waals surface area (Å²) in [5, 5.41) is 17.8. The molecule has 0 bridgehead atoms. The average molecular weight is 793 g/mol. The molecule has 2 N–H and O–H groups in total. The zero-order chi connectivity index (χ0) is 42.5. The van der Waals surface area contributed by atoms with E-state index in [0.29, 0.717) is 17.9 Å². The molecule has 2 rings (SSSR count). The van der Waals surface area contributed by atoms with Crippen LogP contribution in [0.1, 0.15) is 88.5 Å². The van der Waals surface area contributed by atoms with Crippen molar-refractivity contribution in [2.75, 3.05) is 26.4 Å². The van der Waals surface area contributed by atoms with Gasteiger partial charge in [-0.25, -0.2) is 9.59 Å². The fraction of sp³-hybridized carbons (Fsp3) is 0.395. The van der Waals surface area contributed by atoms with Crippen LogP contribution in [-0.2, 0) is 54.1 Å². The van der Waals surface area contributed by atoms with E-state index in [1.807, 2.05) is 62.4 Å². The van der Waals surface area contributed by atoms with Gasteiger partial charge in [0.1, 0.15) is 37.9 Å². The normalized spacial score (nSPS) is 12.6. The molecule has 3 atom stereocenters. The first-order chi connectivity index (χ1) is 27.0. The lowest BCUT2D eigenvalue weighted by atomic mass is 9.91. The highest BCUT2D eigenvalue weighted by Gasteiger charge is 2.22. The van der Waals surface area contributed by atoms with Crippen LogP contribution in [-0.4, -0.2) is 84.7 Å². The van der Waals surface area contributed by atoms with Crippen molar-refractivity contribution in [3.63, 3.8) is 0 Å². The van der Waals surface area contributed by atoms with E-state index in [9.17, 15) is 28.8 Å². The number of carbonyl (C=O) groups excluding carboxylic acids is 4. The van der Waals surface area contributed by atoms with Gasteiger partial charge in [0, 0.05) is 22.3 Å². The maximum absolute atomic E-state index is 12.3. The van der Waals surface area contributed by atoms with Gasteiger partial charge >= 0.3 is 35.8 Å². The largest absolute Gasteiger partial charge is 0.489 e. The summed E-state index contributed by atoms with van der Waals surface area (Å²) >= 11 is 0. The van der Waals surface area contributed by atoms with Crippen LogP contribution in [0.2, 0.25) is 0 Å². The molecule has 308 valence electrons. The Morgan fingerprint density at radius 1 is 0.649 bits per heavy atom. The molecule has 2 aromatic carbocycles. The maximum atomic E-state index is 12.3.